The Labute approximate surface area is 200 Å². The van der Waals surface area contributed by atoms with Crippen LogP contribution in [-0.2, 0) is 25.7 Å². The summed E-state index contributed by atoms with van der Waals surface area (Å²) in [6.07, 6.45) is 15.4. The lowest BCUT2D eigenvalue weighted by Crippen LogP contribution is -2.10. The van der Waals surface area contributed by atoms with Crippen molar-refractivity contribution in [2.45, 2.75) is 51.4 Å². The number of rotatable bonds is 3. The maximum Gasteiger partial charge on any atom is 0.131 e. The van der Waals surface area contributed by atoms with Crippen molar-refractivity contribution in [3.8, 4) is 44.9 Å². The Hall–Kier alpha value is -3.66. The predicted octanol–water partition coefficient (Wildman–Crippen LogP) is 6.65. The molecule has 34 heavy (non-hydrogen) atoms. The molecule has 2 aromatic heterocycles. The lowest BCUT2D eigenvalue weighted by Gasteiger charge is -2.28. The van der Waals surface area contributed by atoms with E-state index in [0.29, 0.717) is 0 Å². The topological polar surface area (TPSA) is 66.2 Å². The molecule has 0 spiro atoms. The van der Waals surface area contributed by atoms with E-state index >= 15 is 0 Å². The van der Waals surface area contributed by atoms with E-state index in [9.17, 15) is 10.2 Å². The summed E-state index contributed by atoms with van der Waals surface area (Å²) < 4.78 is 0. The van der Waals surface area contributed by atoms with Gasteiger partial charge in [-0.3, -0.25) is 9.97 Å². The van der Waals surface area contributed by atoms with Crippen LogP contribution in [0, 0.1) is 0 Å². The zero-order chi connectivity index (χ0) is 23.1. The van der Waals surface area contributed by atoms with Crippen molar-refractivity contribution in [1.82, 2.24) is 9.97 Å². The summed E-state index contributed by atoms with van der Waals surface area (Å²) in [5.74, 6) is 0.500. The largest absolute Gasteiger partial charge is 0.507 e. The van der Waals surface area contributed by atoms with Crippen molar-refractivity contribution >= 4 is 0 Å². The van der Waals surface area contributed by atoms with Crippen molar-refractivity contribution < 1.29 is 10.2 Å². The van der Waals surface area contributed by atoms with Gasteiger partial charge >= 0.3 is 0 Å². The Morgan fingerprint density at radius 1 is 0.588 bits per heavy atom. The van der Waals surface area contributed by atoms with Crippen LogP contribution < -0.4 is 0 Å². The molecule has 2 aromatic carbocycles. The number of nitrogens with zero attached hydrogens (tertiary/aromatic N) is 2. The molecule has 2 aliphatic rings. The standard InChI is InChI=1S/C30H28N2O2/c33-29-25(21-9-5-13-31-17-21)15-19-7-1-3-11-23(19)27(29)28-24-12-4-2-8-20(24)16-26(30(28)34)22-10-6-14-32-18-22/h5-6,9-10,13-18,33-34H,1-4,7-8,11-12H2. The first-order valence-corrected chi connectivity index (χ1v) is 12.3. The molecule has 0 bridgehead atoms. The Morgan fingerprint density at radius 2 is 1.03 bits per heavy atom. The summed E-state index contributed by atoms with van der Waals surface area (Å²) in [7, 11) is 0. The van der Waals surface area contributed by atoms with Crippen LogP contribution in [0.15, 0.2) is 61.2 Å². The smallest absolute Gasteiger partial charge is 0.131 e. The third-order valence-corrected chi connectivity index (χ3v) is 7.44. The number of hydrogen-bond donors (Lipinski definition) is 2. The van der Waals surface area contributed by atoms with Gasteiger partial charge in [-0.2, -0.15) is 0 Å². The van der Waals surface area contributed by atoms with Crippen molar-refractivity contribution in [2.24, 2.45) is 0 Å². The fourth-order valence-corrected chi connectivity index (χ4v) is 5.81. The molecule has 2 N–H and O–H groups in total. The third-order valence-electron chi connectivity index (χ3n) is 7.44. The minimum absolute atomic E-state index is 0.250. The molecule has 170 valence electrons. The Bertz CT molecular complexity index is 1260. The molecule has 2 aliphatic carbocycles. The fourth-order valence-electron chi connectivity index (χ4n) is 5.81. The lowest BCUT2D eigenvalue weighted by atomic mass is 9.77. The van der Waals surface area contributed by atoms with E-state index in [4.69, 9.17) is 0 Å². The Morgan fingerprint density at radius 3 is 1.44 bits per heavy atom. The zero-order valence-corrected chi connectivity index (χ0v) is 19.2. The van der Waals surface area contributed by atoms with E-state index in [1.807, 2.05) is 24.3 Å². The van der Waals surface area contributed by atoms with Gasteiger partial charge < -0.3 is 10.2 Å². The SMILES string of the molecule is Oc1c(-c2cccnc2)cc2c(c1-c1c(O)c(-c3cccnc3)cc3c1CCCC3)CCCC2. The Kier molecular flexibility index (Phi) is 5.29. The predicted molar refractivity (Wildman–Crippen MR) is 135 cm³/mol. The summed E-state index contributed by atoms with van der Waals surface area (Å²) in [5.41, 5.74) is 9.92. The molecule has 0 saturated carbocycles. The minimum atomic E-state index is 0.250. The molecule has 4 aromatic rings. The van der Waals surface area contributed by atoms with Gasteiger partial charge in [0, 0.05) is 58.2 Å². The third kappa shape index (κ3) is 3.45. The van der Waals surface area contributed by atoms with Gasteiger partial charge in [-0.15, -0.1) is 0 Å². The first kappa shape index (κ1) is 20.9. The van der Waals surface area contributed by atoms with Crippen molar-refractivity contribution in [3.63, 3.8) is 0 Å². The van der Waals surface area contributed by atoms with Crippen LogP contribution in [0.25, 0.3) is 33.4 Å². The summed E-state index contributed by atoms with van der Waals surface area (Å²) in [5, 5.41) is 23.6. The number of aromatic nitrogens is 2. The van der Waals surface area contributed by atoms with E-state index < -0.39 is 0 Å². The summed E-state index contributed by atoms with van der Waals surface area (Å²) in [6.45, 7) is 0. The monoisotopic (exact) mass is 448 g/mol. The second-order valence-electron chi connectivity index (χ2n) is 9.47. The highest BCUT2D eigenvalue weighted by Gasteiger charge is 2.29. The van der Waals surface area contributed by atoms with Gasteiger partial charge in [0.2, 0.25) is 0 Å². The minimum Gasteiger partial charge on any atom is -0.507 e. The van der Waals surface area contributed by atoms with Gasteiger partial charge in [-0.1, -0.05) is 12.1 Å². The lowest BCUT2D eigenvalue weighted by molar-refractivity contribution is 0.468. The average Bonchev–Trinajstić information content (AvgIpc) is 2.90. The number of phenols is 2. The number of benzene rings is 2. The average molecular weight is 449 g/mol. The van der Waals surface area contributed by atoms with Gasteiger partial charge in [0.05, 0.1) is 0 Å². The molecular weight excluding hydrogens is 420 g/mol. The first-order valence-electron chi connectivity index (χ1n) is 12.3. The summed E-state index contributed by atoms with van der Waals surface area (Å²) in [6, 6.07) is 12.1. The summed E-state index contributed by atoms with van der Waals surface area (Å²) in [4.78, 5) is 8.58. The second kappa shape index (κ2) is 8.60. The zero-order valence-electron chi connectivity index (χ0n) is 19.2. The summed E-state index contributed by atoms with van der Waals surface area (Å²) >= 11 is 0. The molecule has 0 saturated heterocycles. The molecule has 0 atom stereocenters. The highest BCUT2D eigenvalue weighted by atomic mass is 16.3. The molecule has 0 unspecified atom stereocenters. The van der Waals surface area contributed by atoms with E-state index in [1.165, 1.54) is 22.3 Å². The van der Waals surface area contributed by atoms with Crippen LogP contribution in [0.5, 0.6) is 11.5 Å². The first-order chi connectivity index (χ1) is 16.7. The van der Waals surface area contributed by atoms with Gasteiger partial charge in [-0.25, -0.2) is 0 Å². The highest BCUT2D eigenvalue weighted by Crippen LogP contribution is 2.52. The molecule has 0 fully saturated rings. The van der Waals surface area contributed by atoms with Gasteiger partial charge in [0.1, 0.15) is 11.5 Å². The number of aryl methyl sites for hydroxylation is 2. The van der Waals surface area contributed by atoms with Crippen LogP contribution in [0.3, 0.4) is 0 Å². The van der Waals surface area contributed by atoms with Crippen LogP contribution in [-0.4, -0.2) is 20.2 Å². The molecule has 4 nitrogen and oxygen atoms in total. The number of hydrogen-bond acceptors (Lipinski definition) is 4. The van der Waals surface area contributed by atoms with Crippen molar-refractivity contribution in [2.75, 3.05) is 0 Å². The number of fused-ring (bicyclic) bond motifs is 2. The fraction of sp³-hybridized carbons (Fsp3) is 0.267. The normalized spacial score (nSPS) is 14.9. The maximum atomic E-state index is 11.8. The van der Waals surface area contributed by atoms with E-state index in [1.54, 1.807) is 24.8 Å². The van der Waals surface area contributed by atoms with E-state index in [0.717, 1.165) is 84.7 Å². The second-order valence-corrected chi connectivity index (χ2v) is 9.47. The van der Waals surface area contributed by atoms with Crippen LogP contribution in [0.2, 0.25) is 0 Å². The van der Waals surface area contributed by atoms with Gasteiger partial charge in [-0.05, 0) is 97.9 Å². The molecular formula is C30H28N2O2. The molecule has 0 radical (unpaired) electrons. The molecule has 6 rings (SSSR count). The molecule has 2 heterocycles. The van der Waals surface area contributed by atoms with Crippen LogP contribution in [0.1, 0.15) is 47.9 Å². The molecule has 4 heteroatoms. The number of pyridine rings is 2. The van der Waals surface area contributed by atoms with E-state index in [-0.39, 0.29) is 11.5 Å². The number of aromatic hydroxyl groups is 2. The quantitative estimate of drug-likeness (QED) is 0.368. The maximum absolute atomic E-state index is 11.8. The van der Waals surface area contributed by atoms with E-state index in [2.05, 4.69) is 22.1 Å². The van der Waals surface area contributed by atoms with Crippen LogP contribution in [0.4, 0.5) is 0 Å². The number of phenolic OH excluding ortho intramolecular Hbond substituents is 2. The van der Waals surface area contributed by atoms with Crippen molar-refractivity contribution in [1.29, 1.82) is 0 Å². The van der Waals surface area contributed by atoms with Gasteiger partial charge in [0.25, 0.3) is 0 Å². The Balaban J connectivity index is 1.69. The molecule has 0 aliphatic heterocycles. The van der Waals surface area contributed by atoms with Gasteiger partial charge in [0.15, 0.2) is 0 Å². The highest BCUT2D eigenvalue weighted by molar-refractivity contribution is 5.93. The molecule has 0 amide bonds. The van der Waals surface area contributed by atoms with Crippen LogP contribution >= 0.6 is 0 Å². The van der Waals surface area contributed by atoms with Crippen molar-refractivity contribution in [3.05, 3.63) is 83.4 Å².